The molecule has 0 bridgehead atoms. The van der Waals surface area contributed by atoms with Crippen molar-refractivity contribution in [2.75, 3.05) is 26.4 Å². The molecule has 0 aliphatic carbocycles. The van der Waals surface area contributed by atoms with Gasteiger partial charge < -0.3 is 16.5 Å². The van der Waals surface area contributed by atoms with Crippen molar-refractivity contribution in [1.82, 2.24) is 0 Å². The number of hydrogen-bond acceptors (Lipinski definition) is 2. The van der Waals surface area contributed by atoms with E-state index in [-0.39, 0.29) is 29.6 Å². The van der Waals surface area contributed by atoms with E-state index in [0.29, 0.717) is 15.1 Å². The van der Waals surface area contributed by atoms with Crippen LogP contribution < -0.4 is 34.9 Å². The predicted molar refractivity (Wildman–Crippen MR) is 143 cm³/mol. The Morgan fingerprint density at radius 3 is 1.31 bits per heavy atom. The molecule has 3 rings (SSSR count). The average Bonchev–Trinajstić information content (AvgIpc) is 3.31. The molecule has 162 valence electrons. The van der Waals surface area contributed by atoms with Crippen LogP contribution >= 0.6 is 7.02 Å². The van der Waals surface area contributed by atoms with Crippen molar-refractivity contribution in [3.05, 3.63) is 30.3 Å². The summed E-state index contributed by atoms with van der Waals surface area (Å²) in [6, 6.07) is 11.8. The number of ether oxygens (including phenoxy) is 2. The summed E-state index contributed by atoms with van der Waals surface area (Å²) in [7, 11) is -1.53. The molecule has 0 atom stereocenters. The van der Waals surface area contributed by atoms with Crippen LogP contribution in [0.2, 0.25) is 39.3 Å². The van der Waals surface area contributed by atoms with Gasteiger partial charge in [-0.1, -0.05) is 57.5 Å². The van der Waals surface area contributed by atoms with Gasteiger partial charge in [0.1, 0.15) is 0 Å². The van der Waals surface area contributed by atoms with Crippen molar-refractivity contribution in [3.8, 4) is 0 Å². The topological polar surface area (TPSA) is 18.5 Å². The molecule has 2 aliphatic heterocycles. The maximum absolute atomic E-state index is 4.94. The Hall–Kier alpha value is 1.13. The Kier molecular flexibility index (Phi) is 14.9. The smallest absolute Gasteiger partial charge is 0.381 e. The first kappa shape index (κ1) is 30.1. The van der Waals surface area contributed by atoms with E-state index >= 15 is 0 Å². The molecule has 0 amide bonds. The summed E-state index contributed by atoms with van der Waals surface area (Å²) in [6.07, 6.45) is 5.11. The van der Waals surface area contributed by atoms with Gasteiger partial charge >= 0.3 is 29.6 Å². The van der Waals surface area contributed by atoms with Crippen molar-refractivity contribution >= 4 is 43.6 Å². The molecule has 0 saturated carbocycles. The second-order valence-corrected chi connectivity index (χ2v) is 22.7. The van der Waals surface area contributed by atoms with Crippen LogP contribution in [0.5, 0.6) is 0 Å². The fraction of sp³-hybridized carbons (Fsp3) is 0.714. The van der Waals surface area contributed by atoms with Crippen LogP contribution in [-0.4, -0.2) is 62.6 Å². The molecular weight excluding hydrogens is 416 g/mol. The van der Waals surface area contributed by atoms with E-state index in [9.17, 15) is 0 Å². The van der Waals surface area contributed by atoms with Crippen molar-refractivity contribution in [3.63, 3.8) is 0 Å². The van der Waals surface area contributed by atoms with Gasteiger partial charge in [0.15, 0.2) is 0 Å². The molecule has 0 unspecified atom stereocenters. The third kappa shape index (κ3) is 11.5. The molecule has 2 saturated heterocycles. The fourth-order valence-corrected chi connectivity index (χ4v) is 18.4. The van der Waals surface area contributed by atoms with Crippen molar-refractivity contribution in [1.29, 1.82) is 0 Å². The van der Waals surface area contributed by atoms with E-state index in [2.05, 4.69) is 69.6 Å². The molecule has 2 fully saturated rings. The van der Waals surface area contributed by atoms with Crippen molar-refractivity contribution < 1.29 is 39.0 Å². The van der Waals surface area contributed by atoms with Crippen LogP contribution in [0, 0.1) is 0 Å². The molecule has 0 spiro atoms. The minimum Gasteiger partial charge on any atom is -0.381 e. The Balaban J connectivity index is 0.000000575. The zero-order chi connectivity index (χ0) is 21.3. The van der Waals surface area contributed by atoms with E-state index in [0.717, 1.165) is 26.4 Å². The molecule has 2 heterocycles. The van der Waals surface area contributed by atoms with Gasteiger partial charge in [0, 0.05) is 31.7 Å². The van der Waals surface area contributed by atoms with Crippen molar-refractivity contribution in [2.24, 2.45) is 0 Å². The first-order chi connectivity index (χ1) is 13.0. The third-order valence-electron chi connectivity index (χ3n) is 4.33. The first-order valence-electron chi connectivity index (χ1n) is 10.1. The van der Waals surface area contributed by atoms with E-state index in [1.165, 1.54) is 30.6 Å². The molecule has 8 heteroatoms. The summed E-state index contributed by atoms with van der Waals surface area (Å²) in [5.41, 5.74) is 0. The van der Waals surface area contributed by atoms with E-state index in [1.54, 1.807) is 0 Å². The van der Waals surface area contributed by atoms with Gasteiger partial charge in [-0.15, -0.1) is 0 Å². The molecule has 1 aromatic carbocycles. The van der Waals surface area contributed by atoms with E-state index < -0.39 is 23.2 Å². The van der Waals surface area contributed by atoms with Gasteiger partial charge in [-0.3, -0.25) is 0 Å². The Morgan fingerprint density at radius 1 is 0.724 bits per heavy atom. The van der Waals surface area contributed by atoms with Crippen LogP contribution in [0.1, 0.15) is 25.7 Å². The van der Waals surface area contributed by atoms with Crippen LogP contribution in [0.15, 0.2) is 30.3 Å². The number of rotatable bonds is 4. The monoisotopic (exact) mass is 462 g/mol. The molecule has 29 heavy (non-hydrogen) atoms. The maximum atomic E-state index is 4.94. The maximum Gasteiger partial charge on any atom is 1.00 e. The second kappa shape index (κ2) is 14.3. The summed E-state index contributed by atoms with van der Waals surface area (Å²) in [5.74, 6) is 0. The van der Waals surface area contributed by atoms with Gasteiger partial charge in [0.05, 0.1) is 31.3 Å². The van der Waals surface area contributed by atoms with Crippen LogP contribution in [0.3, 0.4) is 0 Å². The van der Waals surface area contributed by atoms with E-state index in [4.69, 9.17) is 9.47 Å². The largest absolute Gasteiger partial charge is 1.00 e. The van der Waals surface area contributed by atoms with Gasteiger partial charge in [-0.25, -0.2) is 0 Å². The Morgan fingerprint density at radius 2 is 1.07 bits per heavy atom. The summed E-state index contributed by atoms with van der Waals surface area (Å²) < 4.78 is 9.89. The zero-order valence-electron chi connectivity index (χ0n) is 18.9. The van der Waals surface area contributed by atoms with Gasteiger partial charge in [-0.05, 0) is 42.7 Å². The van der Waals surface area contributed by atoms with Gasteiger partial charge in [0.25, 0.3) is 0 Å². The molecule has 0 aromatic heterocycles. The third-order valence-corrected chi connectivity index (χ3v) is 19.1. The number of benzene rings is 1. The van der Waals surface area contributed by atoms with Crippen LogP contribution in [0.25, 0.3) is 0 Å². The summed E-state index contributed by atoms with van der Waals surface area (Å²) in [6.45, 7) is 19.9. The van der Waals surface area contributed by atoms with Gasteiger partial charge in [-0.2, -0.15) is 0 Å². The van der Waals surface area contributed by atoms with Crippen LogP contribution in [0.4, 0.5) is 0 Å². The SMILES string of the molecule is C1CCOC1.C1CCOC1.[BH3-][P+]([BH3-])(c1ccccc1)C([Si](C)(C)C)[Si](C)(C)C.[Na+]. The molecule has 0 radical (unpaired) electrons. The normalized spacial score (nSPS) is 17.0. The van der Waals surface area contributed by atoms with Crippen molar-refractivity contribution in [2.45, 2.75) is 69.9 Å². The molecule has 2 aliphatic rings. The average molecular weight is 462 g/mol. The summed E-state index contributed by atoms with van der Waals surface area (Å²) in [4.78, 5) is 1.22. The molecule has 0 N–H and O–H groups in total. The molecular formula is C21H46B2NaO2PSi2. The minimum absolute atomic E-state index is 0. The standard InChI is InChI=1S/C13H30B2PSi2.2C4H8O.Na/c1-17(2,3)13(18(4,5)6)16(14,15)12-10-8-7-9-11-12;2*1-2-4-5-3-1;/h7-11,13H,1-6,14-15H3;2*1-4H2;/q-1;;;+1. The second-order valence-electron chi connectivity index (χ2n) is 9.24. The molecule has 1 aromatic rings. The Labute approximate surface area is 208 Å². The fourth-order valence-electron chi connectivity index (χ4n) is 3.37. The minimum atomic E-state index is -1.00. The quantitative estimate of drug-likeness (QED) is 0.483. The van der Waals surface area contributed by atoms with E-state index in [1.807, 2.05) is 5.30 Å². The zero-order valence-corrected chi connectivity index (χ0v) is 23.8. The number of hydrogen-bond donors (Lipinski definition) is 0. The Bertz CT molecular complexity index is 505. The summed E-state index contributed by atoms with van der Waals surface area (Å²) in [5, 5.41) is 1.85. The summed E-state index contributed by atoms with van der Waals surface area (Å²) >= 11 is 0. The van der Waals surface area contributed by atoms with Crippen LogP contribution in [-0.2, 0) is 9.47 Å². The van der Waals surface area contributed by atoms with Gasteiger partial charge in [0.2, 0.25) is 0 Å². The first-order valence-corrected chi connectivity index (χ1v) is 18.2. The predicted octanol–water partition coefficient (Wildman–Crippen LogP) is 0.611. The molecule has 2 nitrogen and oxygen atoms in total.